The van der Waals surface area contributed by atoms with Crippen molar-refractivity contribution in [3.8, 4) is 0 Å². The van der Waals surface area contributed by atoms with E-state index in [1.807, 2.05) is 31.2 Å². The molecule has 0 aliphatic carbocycles. The first-order valence-corrected chi connectivity index (χ1v) is 5.58. The summed E-state index contributed by atoms with van der Waals surface area (Å²) >= 11 is 0. The Morgan fingerprint density at radius 1 is 1.44 bits per heavy atom. The number of amides is 1. The summed E-state index contributed by atoms with van der Waals surface area (Å²) in [6.07, 6.45) is 1.21. The predicted molar refractivity (Wildman–Crippen MR) is 64.2 cm³/mol. The highest BCUT2D eigenvalue weighted by atomic mass is 16.3. The zero-order valence-corrected chi connectivity index (χ0v) is 9.86. The molecule has 88 valence electrons. The van der Waals surface area contributed by atoms with Crippen LogP contribution in [0.3, 0.4) is 0 Å². The summed E-state index contributed by atoms with van der Waals surface area (Å²) in [5, 5.41) is 11.5. The molecule has 0 aromatic heterocycles. The van der Waals surface area contributed by atoms with Gasteiger partial charge in [0, 0.05) is 12.5 Å². The minimum Gasteiger partial charge on any atom is -0.394 e. The van der Waals surface area contributed by atoms with Crippen molar-refractivity contribution in [2.75, 3.05) is 6.61 Å². The van der Waals surface area contributed by atoms with E-state index < -0.39 is 0 Å². The Morgan fingerprint density at radius 2 is 2.12 bits per heavy atom. The van der Waals surface area contributed by atoms with Gasteiger partial charge in [0.15, 0.2) is 0 Å². The van der Waals surface area contributed by atoms with Gasteiger partial charge in [-0.1, -0.05) is 24.3 Å². The zero-order chi connectivity index (χ0) is 12.0. The number of benzene rings is 1. The molecule has 1 amide bonds. The molecule has 3 heteroatoms. The third-order valence-electron chi connectivity index (χ3n) is 2.56. The number of rotatable bonds is 5. The smallest absolute Gasteiger partial charge is 0.220 e. The van der Waals surface area contributed by atoms with Crippen molar-refractivity contribution in [1.29, 1.82) is 0 Å². The second-order valence-corrected chi connectivity index (χ2v) is 4.08. The molecule has 0 radical (unpaired) electrons. The lowest BCUT2D eigenvalue weighted by molar-refractivity contribution is -0.121. The van der Waals surface area contributed by atoms with Crippen molar-refractivity contribution in [2.24, 2.45) is 0 Å². The van der Waals surface area contributed by atoms with E-state index in [1.165, 1.54) is 11.1 Å². The molecule has 3 nitrogen and oxygen atoms in total. The Kier molecular flexibility index (Phi) is 4.99. The molecular formula is C13H19NO2. The van der Waals surface area contributed by atoms with Gasteiger partial charge in [-0.3, -0.25) is 4.79 Å². The number of carbonyl (C=O) groups excluding carboxylic acids is 1. The molecule has 0 saturated heterocycles. The maximum atomic E-state index is 11.5. The normalized spacial score (nSPS) is 12.2. The molecule has 0 bridgehead atoms. The number of hydrogen-bond donors (Lipinski definition) is 2. The summed E-state index contributed by atoms with van der Waals surface area (Å²) in [6.45, 7) is 3.81. The fraction of sp³-hybridized carbons (Fsp3) is 0.462. The van der Waals surface area contributed by atoms with Gasteiger partial charge in [-0.2, -0.15) is 0 Å². The zero-order valence-electron chi connectivity index (χ0n) is 9.86. The van der Waals surface area contributed by atoms with E-state index in [0.29, 0.717) is 6.42 Å². The molecule has 0 saturated carbocycles. The van der Waals surface area contributed by atoms with Crippen molar-refractivity contribution >= 4 is 5.91 Å². The van der Waals surface area contributed by atoms with Gasteiger partial charge in [0.25, 0.3) is 0 Å². The summed E-state index contributed by atoms with van der Waals surface area (Å²) in [5.41, 5.74) is 2.42. The molecule has 0 fully saturated rings. The molecule has 0 aliphatic heterocycles. The van der Waals surface area contributed by atoms with Crippen LogP contribution in [-0.2, 0) is 11.2 Å². The maximum absolute atomic E-state index is 11.5. The molecule has 0 aliphatic rings. The quantitative estimate of drug-likeness (QED) is 0.790. The second-order valence-electron chi connectivity index (χ2n) is 4.08. The van der Waals surface area contributed by atoms with Crippen LogP contribution < -0.4 is 5.32 Å². The molecule has 0 heterocycles. The Hall–Kier alpha value is -1.35. The average Bonchev–Trinajstić information content (AvgIpc) is 2.28. The number of aliphatic hydroxyl groups is 1. The van der Waals surface area contributed by atoms with Gasteiger partial charge in [-0.05, 0) is 31.4 Å². The van der Waals surface area contributed by atoms with Crippen LogP contribution in [0.1, 0.15) is 24.5 Å². The monoisotopic (exact) mass is 221 g/mol. The highest BCUT2D eigenvalue weighted by Crippen LogP contribution is 2.09. The number of carbonyl (C=O) groups is 1. The first-order chi connectivity index (χ1) is 7.63. The molecular weight excluding hydrogens is 202 g/mol. The van der Waals surface area contributed by atoms with Crippen molar-refractivity contribution in [1.82, 2.24) is 5.32 Å². The second kappa shape index (κ2) is 6.28. The maximum Gasteiger partial charge on any atom is 0.220 e. The molecule has 0 spiro atoms. The van der Waals surface area contributed by atoms with Gasteiger partial charge in [0.05, 0.1) is 6.61 Å². The Labute approximate surface area is 96.5 Å². The lowest BCUT2D eigenvalue weighted by Crippen LogP contribution is -2.35. The van der Waals surface area contributed by atoms with Gasteiger partial charge in [0.1, 0.15) is 0 Å². The van der Waals surface area contributed by atoms with Gasteiger partial charge >= 0.3 is 0 Å². The van der Waals surface area contributed by atoms with E-state index in [2.05, 4.69) is 5.32 Å². The van der Waals surface area contributed by atoms with E-state index in [4.69, 9.17) is 5.11 Å². The summed E-state index contributed by atoms with van der Waals surface area (Å²) in [7, 11) is 0. The van der Waals surface area contributed by atoms with Crippen LogP contribution in [0, 0.1) is 6.92 Å². The molecule has 16 heavy (non-hydrogen) atoms. The van der Waals surface area contributed by atoms with Crippen LogP contribution in [0.2, 0.25) is 0 Å². The molecule has 1 atom stereocenters. The topological polar surface area (TPSA) is 49.3 Å². The largest absolute Gasteiger partial charge is 0.394 e. The highest BCUT2D eigenvalue weighted by Gasteiger charge is 2.06. The summed E-state index contributed by atoms with van der Waals surface area (Å²) in [4.78, 5) is 11.5. The highest BCUT2D eigenvalue weighted by molar-refractivity contribution is 5.76. The van der Waals surface area contributed by atoms with Crippen LogP contribution >= 0.6 is 0 Å². The van der Waals surface area contributed by atoms with Crippen LogP contribution in [0.15, 0.2) is 24.3 Å². The van der Waals surface area contributed by atoms with Crippen molar-refractivity contribution in [3.63, 3.8) is 0 Å². The van der Waals surface area contributed by atoms with E-state index >= 15 is 0 Å². The molecule has 1 unspecified atom stereocenters. The predicted octanol–water partition coefficient (Wildman–Crippen LogP) is 1.42. The van der Waals surface area contributed by atoms with Crippen LogP contribution in [-0.4, -0.2) is 23.7 Å². The van der Waals surface area contributed by atoms with Gasteiger partial charge in [-0.25, -0.2) is 0 Å². The van der Waals surface area contributed by atoms with Crippen molar-refractivity contribution in [2.45, 2.75) is 32.7 Å². The van der Waals surface area contributed by atoms with Gasteiger partial charge in [-0.15, -0.1) is 0 Å². The first-order valence-electron chi connectivity index (χ1n) is 5.58. The summed E-state index contributed by atoms with van der Waals surface area (Å²) in [5.74, 6) is -0.00944. The fourth-order valence-corrected chi connectivity index (χ4v) is 1.53. The third kappa shape index (κ3) is 4.03. The number of aliphatic hydroxyl groups excluding tert-OH is 1. The van der Waals surface area contributed by atoms with Crippen LogP contribution in [0.25, 0.3) is 0 Å². The fourth-order valence-electron chi connectivity index (χ4n) is 1.53. The molecule has 1 aromatic rings. The Bertz CT molecular complexity index is 350. The lowest BCUT2D eigenvalue weighted by Gasteiger charge is -2.11. The minimum absolute atomic E-state index is 0.00944. The SMILES string of the molecule is Cc1ccccc1CCC(=O)NC(C)CO. The van der Waals surface area contributed by atoms with E-state index in [0.717, 1.165) is 6.42 Å². The van der Waals surface area contributed by atoms with Crippen LogP contribution in [0.5, 0.6) is 0 Å². The van der Waals surface area contributed by atoms with Crippen molar-refractivity contribution < 1.29 is 9.90 Å². The lowest BCUT2D eigenvalue weighted by atomic mass is 10.0. The standard InChI is InChI=1S/C13H19NO2/c1-10-5-3-4-6-12(10)7-8-13(16)14-11(2)9-15/h3-6,11,15H,7-9H2,1-2H3,(H,14,16). The van der Waals surface area contributed by atoms with Crippen molar-refractivity contribution in [3.05, 3.63) is 35.4 Å². The minimum atomic E-state index is -0.163. The van der Waals surface area contributed by atoms with Crippen LogP contribution in [0.4, 0.5) is 0 Å². The average molecular weight is 221 g/mol. The van der Waals surface area contributed by atoms with Gasteiger partial charge in [0.2, 0.25) is 5.91 Å². The Morgan fingerprint density at radius 3 is 2.75 bits per heavy atom. The first kappa shape index (κ1) is 12.7. The van der Waals surface area contributed by atoms with E-state index in [1.54, 1.807) is 6.92 Å². The van der Waals surface area contributed by atoms with Gasteiger partial charge < -0.3 is 10.4 Å². The number of hydrogen-bond acceptors (Lipinski definition) is 2. The van der Waals surface area contributed by atoms with E-state index in [9.17, 15) is 4.79 Å². The summed E-state index contributed by atoms with van der Waals surface area (Å²) in [6, 6.07) is 7.90. The van der Waals surface area contributed by atoms with E-state index in [-0.39, 0.29) is 18.6 Å². The summed E-state index contributed by atoms with van der Waals surface area (Å²) < 4.78 is 0. The Balaban J connectivity index is 2.40. The number of nitrogens with one attached hydrogen (secondary N) is 1. The molecule has 1 rings (SSSR count). The molecule has 2 N–H and O–H groups in total. The molecule has 1 aromatic carbocycles. The third-order valence-corrected chi connectivity index (χ3v) is 2.56. The number of aryl methyl sites for hydroxylation is 2.